The van der Waals surface area contributed by atoms with Gasteiger partial charge in [-0.15, -0.1) is 24.8 Å². The van der Waals surface area contributed by atoms with Crippen LogP contribution < -0.4 is 11.1 Å². The van der Waals surface area contributed by atoms with Crippen LogP contribution in [0.2, 0.25) is 0 Å². The fraction of sp³-hybridized carbons (Fsp3) is 0.500. The molecule has 0 aromatic carbocycles. The zero-order chi connectivity index (χ0) is 11.4. The average molecular weight is 292 g/mol. The van der Waals surface area contributed by atoms with Crippen LogP contribution in [-0.4, -0.2) is 16.9 Å². The number of nitrogens with one attached hydrogen (secondary N) is 1. The molecule has 0 aliphatic heterocycles. The Labute approximate surface area is 120 Å². The zero-order valence-corrected chi connectivity index (χ0v) is 11.7. The Balaban J connectivity index is 0.00000144. The van der Waals surface area contributed by atoms with Crippen molar-refractivity contribution in [3.05, 3.63) is 30.1 Å². The smallest absolute Gasteiger partial charge is 0.224 e. The summed E-state index contributed by atoms with van der Waals surface area (Å²) in [6.07, 6.45) is 6.42. The highest BCUT2D eigenvalue weighted by molar-refractivity contribution is 5.85. The van der Waals surface area contributed by atoms with Crippen molar-refractivity contribution in [2.24, 2.45) is 11.7 Å². The highest BCUT2D eigenvalue weighted by Gasteiger charge is 2.29. The van der Waals surface area contributed by atoms with Crippen LogP contribution in [-0.2, 0) is 11.3 Å². The molecule has 2 rings (SSSR count). The highest BCUT2D eigenvalue weighted by atomic mass is 35.5. The predicted molar refractivity (Wildman–Crippen MR) is 75.9 cm³/mol. The first-order valence-electron chi connectivity index (χ1n) is 5.69. The number of amides is 1. The molecule has 0 bridgehead atoms. The maximum atomic E-state index is 11.8. The number of aromatic nitrogens is 1. The van der Waals surface area contributed by atoms with Gasteiger partial charge in [-0.25, -0.2) is 0 Å². The van der Waals surface area contributed by atoms with Gasteiger partial charge >= 0.3 is 0 Å². The van der Waals surface area contributed by atoms with Crippen LogP contribution in [0.4, 0.5) is 0 Å². The first-order valence-corrected chi connectivity index (χ1v) is 5.69. The molecular formula is C12H19Cl2N3O. The van der Waals surface area contributed by atoms with Gasteiger partial charge in [0, 0.05) is 25.0 Å². The molecule has 1 saturated carbocycles. The van der Waals surface area contributed by atoms with Gasteiger partial charge in [-0.2, -0.15) is 0 Å². The van der Waals surface area contributed by atoms with Gasteiger partial charge in [-0.3, -0.25) is 9.78 Å². The lowest BCUT2D eigenvalue weighted by Gasteiger charge is -2.14. The Morgan fingerprint density at radius 3 is 2.78 bits per heavy atom. The van der Waals surface area contributed by atoms with E-state index >= 15 is 0 Å². The number of pyridine rings is 1. The molecule has 1 aromatic rings. The monoisotopic (exact) mass is 291 g/mol. The molecule has 1 aliphatic carbocycles. The van der Waals surface area contributed by atoms with Crippen LogP contribution in [0.3, 0.4) is 0 Å². The molecule has 3 N–H and O–H groups in total. The molecule has 0 saturated heterocycles. The van der Waals surface area contributed by atoms with E-state index in [9.17, 15) is 4.79 Å². The first kappa shape index (κ1) is 17.2. The van der Waals surface area contributed by atoms with Gasteiger partial charge in [0.2, 0.25) is 5.91 Å². The maximum absolute atomic E-state index is 11.8. The number of nitrogens with zero attached hydrogens (tertiary/aromatic N) is 1. The van der Waals surface area contributed by atoms with E-state index in [1.54, 1.807) is 12.4 Å². The van der Waals surface area contributed by atoms with Gasteiger partial charge in [0.1, 0.15) is 0 Å². The fourth-order valence-corrected chi connectivity index (χ4v) is 2.14. The van der Waals surface area contributed by atoms with Crippen LogP contribution >= 0.6 is 24.8 Å². The first-order chi connectivity index (χ1) is 7.77. The van der Waals surface area contributed by atoms with Crippen molar-refractivity contribution < 1.29 is 4.79 Å². The van der Waals surface area contributed by atoms with Gasteiger partial charge in [0.15, 0.2) is 0 Å². The molecular weight excluding hydrogens is 273 g/mol. The average Bonchev–Trinajstić information content (AvgIpc) is 2.74. The summed E-state index contributed by atoms with van der Waals surface area (Å²) in [5, 5.41) is 2.91. The SMILES string of the molecule is Cl.Cl.NC1CCCC1C(=O)NCc1cccnc1. The Morgan fingerprint density at radius 2 is 2.22 bits per heavy atom. The van der Waals surface area contributed by atoms with Crippen LogP contribution in [0.5, 0.6) is 0 Å². The Hall–Kier alpha value is -0.840. The van der Waals surface area contributed by atoms with E-state index in [1.807, 2.05) is 12.1 Å². The van der Waals surface area contributed by atoms with Crippen molar-refractivity contribution in [3.63, 3.8) is 0 Å². The minimum atomic E-state index is -0.00308. The van der Waals surface area contributed by atoms with Gasteiger partial charge < -0.3 is 11.1 Å². The van der Waals surface area contributed by atoms with Crippen LogP contribution in [0.25, 0.3) is 0 Å². The van der Waals surface area contributed by atoms with Gasteiger partial charge in [-0.1, -0.05) is 12.5 Å². The number of hydrogen-bond donors (Lipinski definition) is 2. The second-order valence-electron chi connectivity index (χ2n) is 4.28. The van der Waals surface area contributed by atoms with E-state index in [0.717, 1.165) is 24.8 Å². The number of nitrogens with two attached hydrogens (primary N) is 1. The van der Waals surface area contributed by atoms with Gasteiger partial charge in [0.05, 0.1) is 5.92 Å². The normalized spacial score (nSPS) is 21.6. The van der Waals surface area contributed by atoms with Crippen molar-refractivity contribution in [1.29, 1.82) is 0 Å². The molecule has 2 unspecified atom stereocenters. The standard InChI is InChI=1S/C12H17N3O.2ClH/c13-11-5-1-4-10(11)12(16)15-8-9-3-2-6-14-7-9;;/h2-3,6-7,10-11H,1,4-5,8,13H2,(H,15,16);2*1H. The third-order valence-electron chi connectivity index (χ3n) is 3.10. The minimum Gasteiger partial charge on any atom is -0.352 e. The number of hydrogen-bond acceptors (Lipinski definition) is 3. The highest BCUT2D eigenvalue weighted by Crippen LogP contribution is 2.23. The minimum absolute atomic E-state index is 0. The summed E-state index contributed by atoms with van der Waals surface area (Å²) >= 11 is 0. The molecule has 6 heteroatoms. The van der Waals surface area contributed by atoms with Gasteiger partial charge in [-0.05, 0) is 24.5 Å². The lowest BCUT2D eigenvalue weighted by Crippen LogP contribution is -2.38. The predicted octanol–water partition coefficient (Wildman–Crippen LogP) is 1.67. The van der Waals surface area contributed by atoms with Gasteiger partial charge in [0.25, 0.3) is 0 Å². The Kier molecular flexibility index (Phi) is 7.91. The molecule has 1 amide bonds. The molecule has 4 nitrogen and oxygen atoms in total. The second kappa shape index (κ2) is 8.29. The number of rotatable bonds is 3. The summed E-state index contributed by atoms with van der Waals surface area (Å²) in [7, 11) is 0. The molecule has 18 heavy (non-hydrogen) atoms. The van der Waals surface area contributed by atoms with E-state index in [0.29, 0.717) is 6.54 Å². The third-order valence-corrected chi connectivity index (χ3v) is 3.10. The second-order valence-corrected chi connectivity index (χ2v) is 4.28. The molecule has 1 aliphatic rings. The van der Waals surface area contributed by atoms with Crippen LogP contribution in [0.15, 0.2) is 24.5 Å². The number of carbonyl (C=O) groups is 1. The molecule has 1 aromatic heterocycles. The largest absolute Gasteiger partial charge is 0.352 e. The quantitative estimate of drug-likeness (QED) is 0.890. The fourth-order valence-electron chi connectivity index (χ4n) is 2.14. The van der Waals surface area contributed by atoms with Crippen LogP contribution in [0, 0.1) is 5.92 Å². The summed E-state index contributed by atoms with van der Waals surface area (Å²) in [4.78, 5) is 15.8. The van der Waals surface area contributed by atoms with E-state index in [4.69, 9.17) is 5.73 Å². The lowest BCUT2D eigenvalue weighted by atomic mass is 10.0. The number of halogens is 2. The van der Waals surface area contributed by atoms with E-state index in [1.165, 1.54) is 0 Å². The molecule has 102 valence electrons. The van der Waals surface area contributed by atoms with Crippen LogP contribution in [0.1, 0.15) is 24.8 Å². The summed E-state index contributed by atoms with van der Waals surface area (Å²) in [6, 6.07) is 3.85. The lowest BCUT2D eigenvalue weighted by molar-refractivity contribution is -0.125. The van der Waals surface area contributed by atoms with Crippen molar-refractivity contribution >= 4 is 30.7 Å². The summed E-state index contributed by atoms with van der Waals surface area (Å²) < 4.78 is 0. The Bertz CT molecular complexity index is 362. The topological polar surface area (TPSA) is 68.0 Å². The van der Waals surface area contributed by atoms with E-state index < -0.39 is 0 Å². The van der Waals surface area contributed by atoms with Crippen molar-refractivity contribution in [2.45, 2.75) is 31.8 Å². The van der Waals surface area contributed by atoms with E-state index in [2.05, 4.69) is 10.3 Å². The number of carbonyl (C=O) groups excluding carboxylic acids is 1. The van der Waals surface area contributed by atoms with Crippen molar-refractivity contribution in [2.75, 3.05) is 0 Å². The summed E-state index contributed by atoms with van der Waals surface area (Å²) in [6.45, 7) is 0.538. The molecule has 1 heterocycles. The summed E-state index contributed by atoms with van der Waals surface area (Å²) in [5.41, 5.74) is 6.89. The molecule has 0 spiro atoms. The van der Waals surface area contributed by atoms with Crippen molar-refractivity contribution in [3.8, 4) is 0 Å². The van der Waals surface area contributed by atoms with Crippen molar-refractivity contribution in [1.82, 2.24) is 10.3 Å². The third kappa shape index (κ3) is 4.44. The summed E-state index contributed by atoms with van der Waals surface area (Å²) in [5.74, 6) is 0.0746. The zero-order valence-electron chi connectivity index (χ0n) is 10.0. The Morgan fingerprint density at radius 1 is 1.44 bits per heavy atom. The molecule has 2 atom stereocenters. The molecule has 1 fully saturated rings. The van der Waals surface area contributed by atoms with E-state index in [-0.39, 0.29) is 42.7 Å². The maximum Gasteiger partial charge on any atom is 0.224 e. The molecule has 0 radical (unpaired) electrons.